The van der Waals surface area contributed by atoms with Gasteiger partial charge in [-0.3, -0.25) is 4.79 Å². The van der Waals surface area contributed by atoms with Crippen molar-refractivity contribution in [2.75, 3.05) is 40.6 Å². The smallest absolute Gasteiger partial charge is 0.407 e. The number of methoxy groups -OCH3 is 2. The Labute approximate surface area is 291 Å². The van der Waals surface area contributed by atoms with Gasteiger partial charge in [-0.1, -0.05) is 103 Å². The molecule has 0 aliphatic heterocycles. The zero-order chi connectivity index (χ0) is 34.9. The van der Waals surface area contributed by atoms with Crippen LogP contribution in [0.25, 0.3) is 11.1 Å². The maximum absolute atomic E-state index is 13.0. The van der Waals surface area contributed by atoms with Crippen LogP contribution in [0.5, 0.6) is 11.5 Å². The molecule has 1 aliphatic rings. The van der Waals surface area contributed by atoms with Crippen LogP contribution in [0.2, 0.25) is 0 Å². The van der Waals surface area contributed by atoms with Crippen molar-refractivity contribution < 1.29 is 33.6 Å². The monoisotopic (exact) mass is 672 g/mol. The highest BCUT2D eigenvalue weighted by Crippen LogP contribution is 2.45. The summed E-state index contributed by atoms with van der Waals surface area (Å²) >= 11 is 0. The molecule has 1 unspecified atom stereocenters. The van der Waals surface area contributed by atoms with Crippen molar-refractivity contribution in [1.82, 2.24) is 10.6 Å². The zero-order valence-corrected chi connectivity index (χ0v) is 28.0. The van der Waals surface area contributed by atoms with Crippen molar-refractivity contribution in [3.8, 4) is 22.6 Å². The first-order valence-corrected chi connectivity index (χ1v) is 16.4. The summed E-state index contributed by atoms with van der Waals surface area (Å²) in [5, 5.41) is 15.6. The summed E-state index contributed by atoms with van der Waals surface area (Å²) in [5.74, 6) is 0.782. The molecule has 5 aromatic rings. The SMILES string of the molecule is COc1ccc(C(OCC(CO)NC(=O)CNC(=O)OCC2c3ccccc3-c3ccccc32)(c2ccccc2)c2ccc(OC)cc2)cc1. The number of ether oxygens (including phenoxy) is 4. The minimum atomic E-state index is -1.13. The van der Waals surface area contributed by atoms with Gasteiger partial charge in [0, 0.05) is 5.92 Å². The highest BCUT2D eigenvalue weighted by Gasteiger charge is 2.38. The van der Waals surface area contributed by atoms with Crippen LogP contribution in [0.15, 0.2) is 127 Å². The van der Waals surface area contributed by atoms with Gasteiger partial charge in [0.15, 0.2) is 0 Å². The second-order valence-corrected chi connectivity index (χ2v) is 11.9. The lowest BCUT2D eigenvalue weighted by molar-refractivity contribution is -0.122. The maximum atomic E-state index is 13.0. The lowest BCUT2D eigenvalue weighted by atomic mass is 9.80. The number of amides is 2. The molecule has 50 heavy (non-hydrogen) atoms. The Morgan fingerprint density at radius 1 is 0.700 bits per heavy atom. The molecule has 256 valence electrons. The van der Waals surface area contributed by atoms with Crippen LogP contribution in [-0.4, -0.2) is 63.7 Å². The second-order valence-electron chi connectivity index (χ2n) is 11.9. The molecule has 6 rings (SSSR count). The molecule has 1 aliphatic carbocycles. The van der Waals surface area contributed by atoms with Gasteiger partial charge in [0.2, 0.25) is 5.91 Å². The van der Waals surface area contributed by atoms with E-state index >= 15 is 0 Å². The van der Waals surface area contributed by atoms with Gasteiger partial charge < -0.3 is 34.7 Å². The molecule has 0 spiro atoms. The largest absolute Gasteiger partial charge is 0.497 e. The summed E-state index contributed by atoms with van der Waals surface area (Å²) in [7, 11) is 3.22. The first-order chi connectivity index (χ1) is 24.5. The topological polar surface area (TPSA) is 115 Å². The molecule has 0 saturated carbocycles. The normalized spacial score (nSPS) is 12.7. The van der Waals surface area contributed by atoms with Crippen molar-refractivity contribution >= 4 is 12.0 Å². The van der Waals surface area contributed by atoms with E-state index in [0.29, 0.717) is 11.5 Å². The Kier molecular flexibility index (Phi) is 10.8. The Morgan fingerprint density at radius 2 is 1.20 bits per heavy atom. The Bertz CT molecular complexity index is 1800. The molecule has 9 nitrogen and oxygen atoms in total. The van der Waals surface area contributed by atoms with E-state index in [4.69, 9.17) is 18.9 Å². The van der Waals surface area contributed by atoms with Gasteiger partial charge >= 0.3 is 6.09 Å². The Hall–Kier alpha value is -5.64. The average molecular weight is 673 g/mol. The zero-order valence-electron chi connectivity index (χ0n) is 28.0. The first-order valence-electron chi connectivity index (χ1n) is 16.4. The van der Waals surface area contributed by atoms with Crippen molar-refractivity contribution in [3.63, 3.8) is 0 Å². The molecular formula is C41H40N2O7. The van der Waals surface area contributed by atoms with E-state index in [-0.39, 0.29) is 25.7 Å². The number of rotatable bonds is 14. The number of hydrogen-bond acceptors (Lipinski definition) is 7. The number of benzene rings is 5. The van der Waals surface area contributed by atoms with E-state index in [2.05, 4.69) is 22.8 Å². The van der Waals surface area contributed by atoms with Gasteiger partial charge in [0.05, 0.1) is 33.5 Å². The maximum Gasteiger partial charge on any atom is 0.407 e. The summed E-state index contributed by atoms with van der Waals surface area (Å²) in [5.41, 5.74) is 5.80. The predicted octanol–water partition coefficient (Wildman–Crippen LogP) is 6.03. The fourth-order valence-electron chi connectivity index (χ4n) is 6.52. The number of aliphatic hydroxyl groups is 1. The van der Waals surface area contributed by atoms with E-state index in [1.807, 2.05) is 115 Å². The fourth-order valence-corrected chi connectivity index (χ4v) is 6.52. The van der Waals surface area contributed by atoms with Gasteiger partial charge in [-0.15, -0.1) is 0 Å². The van der Waals surface area contributed by atoms with Crippen molar-refractivity contribution in [1.29, 1.82) is 0 Å². The molecule has 3 N–H and O–H groups in total. The van der Waals surface area contributed by atoms with Crippen LogP contribution >= 0.6 is 0 Å². The van der Waals surface area contributed by atoms with Gasteiger partial charge in [0.1, 0.15) is 30.3 Å². The third-order valence-electron chi connectivity index (χ3n) is 9.00. The Balaban J connectivity index is 1.13. The molecular weight excluding hydrogens is 632 g/mol. The molecule has 0 radical (unpaired) electrons. The summed E-state index contributed by atoms with van der Waals surface area (Å²) in [6, 6.07) is 40.3. The van der Waals surface area contributed by atoms with Crippen LogP contribution in [0.1, 0.15) is 33.7 Å². The van der Waals surface area contributed by atoms with Gasteiger partial charge in [0.25, 0.3) is 0 Å². The summed E-state index contributed by atoms with van der Waals surface area (Å²) in [6.07, 6.45) is -0.707. The highest BCUT2D eigenvalue weighted by atomic mass is 16.5. The van der Waals surface area contributed by atoms with Gasteiger partial charge in [-0.25, -0.2) is 4.79 Å². The summed E-state index contributed by atoms with van der Waals surface area (Å²) < 4.78 is 23.2. The first kappa shape index (κ1) is 34.2. The molecule has 0 heterocycles. The lowest BCUT2D eigenvalue weighted by Crippen LogP contribution is -2.47. The molecule has 0 aromatic heterocycles. The van der Waals surface area contributed by atoms with Gasteiger partial charge in [-0.05, 0) is 63.2 Å². The average Bonchev–Trinajstić information content (AvgIpc) is 3.50. The van der Waals surface area contributed by atoms with Crippen LogP contribution in [0.3, 0.4) is 0 Å². The van der Waals surface area contributed by atoms with Crippen LogP contribution in [0.4, 0.5) is 4.79 Å². The number of carbonyl (C=O) groups is 2. The molecule has 9 heteroatoms. The van der Waals surface area contributed by atoms with Crippen molar-refractivity contribution in [3.05, 3.63) is 155 Å². The number of aliphatic hydroxyl groups excluding tert-OH is 1. The van der Waals surface area contributed by atoms with Crippen LogP contribution in [0, 0.1) is 0 Å². The fraction of sp³-hybridized carbons (Fsp3) is 0.220. The summed E-state index contributed by atoms with van der Waals surface area (Å²) in [4.78, 5) is 25.7. The van der Waals surface area contributed by atoms with E-state index in [0.717, 1.165) is 38.9 Å². The number of carbonyl (C=O) groups excluding carboxylic acids is 2. The number of alkyl carbamates (subject to hydrolysis) is 1. The molecule has 1 atom stereocenters. The predicted molar refractivity (Wildman–Crippen MR) is 190 cm³/mol. The van der Waals surface area contributed by atoms with E-state index in [9.17, 15) is 14.7 Å². The molecule has 2 amide bonds. The van der Waals surface area contributed by atoms with Gasteiger partial charge in [-0.2, -0.15) is 0 Å². The van der Waals surface area contributed by atoms with E-state index in [1.165, 1.54) is 0 Å². The number of fused-ring (bicyclic) bond motifs is 3. The van der Waals surface area contributed by atoms with Crippen molar-refractivity contribution in [2.24, 2.45) is 0 Å². The minimum absolute atomic E-state index is 0.0554. The standard InChI is InChI=1S/C41H40N2O7/c1-47-32-20-16-29(17-21-32)41(28-10-4-3-5-11-28,30-18-22-33(48-2)23-19-30)50-26-31(25-44)43-39(45)24-42-40(46)49-27-38-36-14-8-6-12-34(36)35-13-7-9-15-37(35)38/h3-23,31,38,44H,24-27H2,1-2H3,(H,42,46)(H,43,45). The molecule has 0 bridgehead atoms. The minimum Gasteiger partial charge on any atom is -0.497 e. The third kappa shape index (κ3) is 7.19. The lowest BCUT2D eigenvalue weighted by Gasteiger charge is -2.37. The highest BCUT2D eigenvalue weighted by molar-refractivity contribution is 5.82. The Morgan fingerprint density at radius 3 is 1.72 bits per heavy atom. The number of nitrogens with one attached hydrogen (secondary N) is 2. The summed E-state index contributed by atoms with van der Waals surface area (Å²) in [6.45, 7) is -0.659. The molecule has 0 saturated heterocycles. The van der Waals surface area contributed by atoms with E-state index < -0.39 is 30.3 Å². The number of hydrogen-bond donors (Lipinski definition) is 3. The second kappa shape index (κ2) is 15.7. The van der Waals surface area contributed by atoms with Crippen molar-refractivity contribution in [2.45, 2.75) is 17.6 Å². The quantitative estimate of drug-likeness (QED) is 0.124. The third-order valence-corrected chi connectivity index (χ3v) is 9.00. The molecule has 0 fully saturated rings. The van der Waals surface area contributed by atoms with Crippen LogP contribution in [-0.2, 0) is 19.9 Å². The molecule has 5 aromatic carbocycles. The van der Waals surface area contributed by atoms with E-state index in [1.54, 1.807) is 14.2 Å². The van der Waals surface area contributed by atoms with Crippen LogP contribution < -0.4 is 20.1 Å².